The maximum atomic E-state index is 5.37. The summed E-state index contributed by atoms with van der Waals surface area (Å²) in [5.41, 5.74) is 1.17. The number of ether oxygens (including phenoxy) is 2. The molecule has 0 bridgehead atoms. The van der Waals surface area contributed by atoms with Gasteiger partial charge in [0.2, 0.25) is 0 Å². The van der Waals surface area contributed by atoms with Gasteiger partial charge in [0, 0.05) is 19.1 Å². The minimum atomic E-state index is 0.441. The first-order chi connectivity index (χ1) is 10.0. The van der Waals surface area contributed by atoms with Crippen LogP contribution >= 0.6 is 15.9 Å². The molecule has 4 nitrogen and oxygen atoms in total. The van der Waals surface area contributed by atoms with Gasteiger partial charge in [-0.05, 0) is 53.6 Å². The van der Waals surface area contributed by atoms with E-state index in [1.54, 1.807) is 14.2 Å². The van der Waals surface area contributed by atoms with E-state index in [2.05, 4.69) is 53.0 Å². The van der Waals surface area contributed by atoms with Crippen LogP contribution in [-0.2, 0) is 6.54 Å². The predicted octanol–water partition coefficient (Wildman–Crippen LogP) is 3.29. The second-order valence-corrected chi connectivity index (χ2v) is 5.94. The van der Waals surface area contributed by atoms with E-state index in [1.807, 2.05) is 6.07 Å². The standard InChI is InChI=1S/C16H27BrN2O2/c1-6-19(7-2)11-12(3)18-10-13-8-14(17)16(21-5)15(9-13)20-4/h8-9,12,18H,6-7,10-11H2,1-5H3. The molecule has 0 heterocycles. The van der Waals surface area contributed by atoms with E-state index in [-0.39, 0.29) is 0 Å². The fourth-order valence-corrected chi connectivity index (χ4v) is 2.95. The van der Waals surface area contributed by atoms with Crippen molar-refractivity contribution in [1.82, 2.24) is 10.2 Å². The normalized spacial score (nSPS) is 12.5. The SMILES string of the molecule is CCN(CC)CC(C)NCc1cc(Br)c(OC)c(OC)c1. The maximum absolute atomic E-state index is 5.37. The molecule has 0 radical (unpaired) electrons. The predicted molar refractivity (Wildman–Crippen MR) is 91.3 cm³/mol. The number of benzene rings is 1. The second-order valence-electron chi connectivity index (χ2n) is 5.08. The van der Waals surface area contributed by atoms with Crippen LogP contribution in [0, 0.1) is 0 Å². The molecule has 120 valence electrons. The summed E-state index contributed by atoms with van der Waals surface area (Å²) in [5, 5.41) is 3.56. The van der Waals surface area contributed by atoms with Crippen molar-refractivity contribution in [3.63, 3.8) is 0 Å². The lowest BCUT2D eigenvalue weighted by molar-refractivity contribution is 0.270. The highest BCUT2D eigenvalue weighted by molar-refractivity contribution is 9.10. The molecular weight excluding hydrogens is 332 g/mol. The lowest BCUT2D eigenvalue weighted by Gasteiger charge is -2.23. The van der Waals surface area contributed by atoms with E-state index in [9.17, 15) is 0 Å². The zero-order valence-electron chi connectivity index (χ0n) is 13.7. The van der Waals surface area contributed by atoms with E-state index in [1.165, 1.54) is 5.56 Å². The molecule has 0 aliphatic heterocycles. The topological polar surface area (TPSA) is 33.7 Å². The zero-order chi connectivity index (χ0) is 15.8. The first-order valence-corrected chi connectivity index (χ1v) is 8.21. The smallest absolute Gasteiger partial charge is 0.174 e. The molecule has 5 heteroatoms. The molecule has 1 N–H and O–H groups in total. The van der Waals surface area contributed by atoms with Crippen LogP contribution < -0.4 is 14.8 Å². The van der Waals surface area contributed by atoms with Crippen LogP contribution in [0.25, 0.3) is 0 Å². The Balaban J connectivity index is 2.65. The molecule has 1 unspecified atom stereocenters. The molecule has 21 heavy (non-hydrogen) atoms. The Morgan fingerprint density at radius 2 is 1.86 bits per heavy atom. The monoisotopic (exact) mass is 358 g/mol. The Kier molecular flexibility index (Phi) is 8.07. The summed E-state index contributed by atoms with van der Waals surface area (Å²) in [5.74, 6) is 1.48. The summed E-state index contributed by atoms with van der Waals surface area (Å²) in [6.07, 6.45) is 0. The molecule has 0 aliphatic rings. The minimum Gasteiger partial charge on any atom is -0.493 e. The van der Waals surface area contributed by atoms with Gasteiger partial charge in [0.25, 0.3) is 0 Å². The van der Waals surface area contributed by atoms with Crippen LogP contribution in [-0.4, -0.2) is 44.8 Å². The Morgan fingerprint density at radius 1 is 1.19 bits per heavy atom. The summed E-state index contributed by atoms with van der Waals surface area (Å²) >= 11 is 3.53. The van der Waals surface area contributed by atoms with Crippen molar-refractivity contribution in [1.29, 1.82) is 0 Å². The lowest BCUT2D eigenvalue weighted by Crippen LogP contribution is -2.38. The quantitative estimate of drug-likeness (QED) is 0.734. The number of hydrogen-bond acceptors (Lipinski definition) is 4. The molecule has 0 aliphatic carbocycles. The van der Waals surface area contributed by atoms with E-state index in [0.717, 1.165) is 42.2 Å². The highest BCUT2D eigenvalue weighted by Crippen LogP contribution is 2.36. The van der Waals surface area contributed by atoms with Crippen LogP contribution in [0.1, 0.15) is 26.3 Å². The van der Waals surface area contributed by atoms with Gasteiger partial charge >= 0.3 is 0 Å². The molecule has 0 spiro atoms. The summed E-state index contributed by atoms with van der Waals surface area (Å²) in [6.45, 7) is 10.6. The largest absolute Gasteiger partial charge is 0.493 e. The van der Waals surface area contributed by atoms with Gasteiger partial charge in [0.1, 0.15) is 0 Å². The van der Waals surface area contributed by atoms with Crippen LogP contribution in [0.5, 0.6) is 11.5 Å². The van der Waals surface area contributed by atoms with Gasteiger partial charge in [0.15, 0.2) is 11.5 Å². The van der Waals surface area contributed by atoms with Crippen LogP contribution in [0.2, 0.25) is 0 Å². The van der Waals surface area contributed by atoms with Gasteiger partial charge in [-0.1, -0.05) is 13.8 Å². The average molecular weight is 359 g/mol. The molecule has 0 amide bonds. The highest BCUT2D eigenvalue weighted by Gasteiger charge is 2.12. The Labute approximate surface area is 136 Å². The lowest BCUT2D eigenvalue weighted by atomic mass is 10.2. The number of likely N-dealkylation sites (N-methyl/N-ethyl adjacent to an activating group) is 1. The van der Waals surface area contributed by atoms with E-state index < -0.39 is 0 Å². The molecule has 1 rings (SSSR count). The van der Waals surface area contributed by atoms with Gasteiger partial charge < -0.3 is 19.7 Å². The van der Waals surface area contributed by atoms with Gasteiger partial charge in [0.05, 0.1) is 18.7 Å². The maximum Gasteiger partial charge on any atom is 0.174 e. The van der Waals surface area contributed by atoms with E-state index in [0.29, 0.717) is 6.04 Å². The van der Waals surface area contributed by atoms with Crippen molar-refractivity contribution in [2.75, 3.05) is 33.9 Å². The first kappa shape index (κ1) is 18.3. The Morgan fingerprint density at radius 3 is 2.38 bits per heavy atom. The van der Waals surface area contributed by atoms with Crippen molar-refractivity contribution in [3.8, 4) is 11.5 Å². The van der Waals surface area contributed by atoms with Crippen LogP contribution in [0.15, 0.2) is 16.6 Å². The fraction of sp³-hybridized carbons (Fsp3) is 0.625. The summed E-state index contributed by atoms with van der Waals surface area (Å²) in [7, 11) is 3.30. The molecule has 1 aromatic carbocycles. The number of hydrogen-bond donors (Lipinski definition) is 1. The third-order valence-electron chi connectivity index (χ3n) is 3.57. The molecule has 1 aromatic rings. The average Bonchev–Trinajstić information content (AvgIpc) is 2.49. The Hall–Kier alpha value is -0.780. The van der Waals surface area contributed by atoms with Gasteiger partial charge in [-0.25, -0.2) is 0 Å². The second kappa shape index (κ2) is 9.28. The van der Waals surface area contributed by atoms with Crippen molar-refractivity contribution in [2.24, 2.45) is 0 Å². The van der Waals surface area contributed by atoms with Gasteiger partial charge in [-0.15, -0.1) is 0 Å². The highest BCUT2D eigenvalue weighted by atomic mass is 79.9. The number of rotatable bonds is 9. The molecule has 0 saturated heterocycles. The molecular formula is C16H27BrN2O2. The molecule has 1 atom stereocenters. The summed E-state index contributed by atoms with van der Waals surface area (Å²) in [4.78, 5) is 2.42. The van der Waals surface area contributed by atoms with Crippen molar-refractivity contribution in [3.05, 3.63) is 22.2 Å². The Bertz CT molecular complexity index is 437. The van der Waals surface area contributed by atoms with Crippen molar-refractivity contribution < 1.29 is 9.47 Å². The minimum absolute atomic E-state index is 0.441. The van der Waals surface area contributed by atoms with Crippen LogP contribution in [0.3, 0.4) is 0 Å². The number of methoxy groups -OCH3 is 2. The molecule has 0 saturated carbocycles. The van der Waals surface area contributed by atoms with Gasteiger partial charge in [-0.2, -0.15) is 0 Å². The van der Waals surface area contributed by atoms with Crippen molar-refractivity contribution in [2.45, 2.75) is 33.4 Å². The fourth-order valence-electron chi connectivity index (χ4n) is 2.30. The van der Waals surface area contributed by atoms with Crippen LogP contribution in [0.4, 0.5) is 0 Å². The van der Waals surface area contributed by atoms with Crippen molar-refractivity contribution >= 4 is 15.9 Å². The molecule has 0 aromatic heterocycles. The number of nitrogens with zero attached hydrogens (tertiary/aromatic N) is 1. The molecule has 0 fully saturated rings. The third kappa shape index (κ3) is 5.49. The zero-order valence-corrected chi connectivity index (χ0v) is 15.3. The third-order valence-corrected chi connectivity index (χ3v) is 4.16. The van der Waals surface area contributed by atoms with Gasteiger partial charge in [-0.3, -0.25) is 0 Å². The van der Waals surface area contributed by atoms with E-state index >= 15 is 0 Å². The summed E-state index contributed by atoms with van der Waals surface area (Å²) in [6, 6.07) is 4.52. The first-order valence-electron chi connectivity index (χ1n) is 7.41. The number of nitrogens with one attached hydrogen (secondary N) is 1. The summed E-state index contributed by atoms with van der Waals surface area (Å²) < 4.78 is 11.6. The van der Waals surface area contributed by atoms with E-state index in [4.69, 9.17) is 9.47 Å². The number of halogens is 1.